The maximum Gasteiger partial charge on any atom is 0.573 e. The van der Waals surface area contributed by atoms with Crippen molar-refractivity contribution in [1.82, 2.24) is 0 Å². The second kappa shape index (κ2) is 7.71. The minimum absolute atomic E-state index is 0.0921. The van der Waals surface area contributed by atoms with E-state index < -0.39 is 24.1 Å². The summed E-state index contributed by atoms with van der Waals surface area (Å²) in [7, 11) is 0. The lowest BCUT2D eigenvalue weighted by Gasteiger charge is -2.20. The van der Waals surface area contributed by atoms with Crippen LogP contribution in [0, 0.1) is 0 Å². The van der Waals surface area contributed by atoms with E-state index in [1.807, 2.05) is 6.07 Å². The number of benzene rings is 2. The monoisotopic (exact) mass is 391 g/mol. The number of halogens is 3. The smallest absolute Gasteiger partial charge is 0.406 e. The van der Waals surface area contributed by atoms with E-state index in [1.54, 1.807) is 24.3 Å². The molecule has 0 fully saturated rings. The molecule has 2 aromatic carbocycles. The van der Waals surface area contributed by atoms with Crippen LogP contribution in [0.4, 0.5) is 24.5 Å². The van der Waals surface area contributed by atoms with Crippen LogP contribution in [0.25, 0.3) is 0 Å². The number of nitrogens with one attached hydrogen (secondary N) is 1. The van der Waals surface area contributed by atoms with Crippen LogP contribution >= 0.6 is 0 Å². The van der Waals surface area contributed by atoms with Gasteiger partial charge in [-0.05, 0) is 31.2 Å². The van der Waals surface area contributed by atoms with Crippen molar-refractivity contribution in [1.29, 1.82) is 0 Å². The van der Waals surface area contributed by atoms with Crippen molar-refractivity contribution >= 4 is 28.8 Å². The first kappa shape index (κ1) is 19.4. The Kier molecular flexibility index (Phi) is 5.34. The summed E-state index contributed by atoms with van der Waals surface area (Å²) >= 11 is 0. The number of carbonyl (C=O) groups is 2. The molecule has 0 radical (unpaired) electrons. The Morgan fingerprint density at radius 2 is 1.86 bits per heavy atom. The Bertz CT molecular complexity index is 913. The number of hydrogen-bond acceptors (Lipinski definition) is 5. The van der Waals surface area contributed by atoms with Gasteiger partial charge in [0.2, 0.25) is 0 Å². The first-order valence-electron chi connectivity index (χ1n) is 8.32. The molecule has 0 aromatic heterocycles. The number of para-hydroxylation sites is 1. The molecule has 1 atom stereocenters. The number of hydrazone groups is 1. The second-order valence-corrected chi connectivity index (χ2v) is 6.09. The maximum absolute atomic E-state index is 12.5. The minimum Gasteiger partial charge on any atom is -0.406 e. The highest BCUT2D eigenvalue weighted by atomic mass is 19.4. The van der Waals surface area contributed by atoms with Crippen molar-refractivity contribution in [3.05, 3.63) is 54.6 Å². The van der Waals surface area contributed by atoms with Crippen molar-refractivity contribution < 1.29 is 27.5 Å². The third-order valence-corrected chi connectivity index (χ3v) is 3.99. The van der Waals surface area contributed by atoms with Crippen LogP contribution in [0.2, 0.25) is 0 Å². The summed E-state index contributed by atoms with van der Waals surface area (Å²) in [6.45, 7) is 1.41. The third-order valence-electron chi connectivity index (χ3n) is 3.99. The van der Waals surface area contributed by atoms with Crippen LogP contribution in [0.3, 0.4) is 0 Å². The van der Waals surface area contributed by atoms with Gasteiger partial charge in [0.05, 0.1) is 5.69 Å². The van der Waals surface area contributed by atoms with Gasteiger partial charge in [-0.1, -0.05) is 24.3 Å². The number of ether oxygens (including phenoxy) is 1. The van der Waals surface area contributed by atoms with Crippen molar-refractivity contribution in [3.8, 4) is 5.75 Å². The standard InChI is InChI=1S/C19H16F3N3O3/c1-12(26)17-11-16(24-25(17)14-7-3-2-4-8-14)18(27)23-13-6-5-9-15(10-13)28-19(20,21)22/h2-10,17H,11H2,1H3,(H,23,27). The van der Waals surface area contributed by atoms with E-state index in [0.717, 1.165) is 12.1 Å². The Hall–Kier alpha value is -3.36. The zero-order chi connectivity index (χ0) is 20.3. The molecule has 9 heteroatoms. The molecule has 28 heavy (non-hydrogen) atoms. The lowest BCUT2D eigenvalue weighted by atomic mass is 10.1. The quantitative estimate of drug-likeness (QED) is 0.843. The molecule has 0 bridgehead atoms. The number of hydrogen-bond donors (Lipinski definition) is 1. The molecule has 146 valence electrons. The number of Topliss-reactive ketones (excluding diaryl/α,β-unsaturated/α-hetero) is 1. The Morgan fingerprint density at radius 3 is 2.50 bits per heavy atom. The minimum atomic E-state index is -4.83. The third kappa shape index (κ3) is 4.67. The number of alkyl halides is 3. The highest BCUT2D eigenvalue weighted by Gasteiger charge is 2.34. The van der Waals surface area contributed by atoms with E-state index in [1.165, 1.54) is 24.1 Å². The van der Waals surface area contributed by atoms with E-state index in [0.29, 0.717) is 5.69 Å². The molecule has 3 rings (SSSR count). The number of ketones is 1. The lowest BCUT2D eigenvalue weighted by molar-refractivity contribution is -0.274. The van der Waals surface area contributed by atoms with Crippen LogP contribution in [-0.2, 0) is 9.59 Å². The first-order chi connectivity index (χ1) is 13.2. The van der Waals surface area contributed by atoms with Crippen LogP contribution in [0.5, 0.6) is 5.75 Å². The van der Waals surface area contributed by atoms with Gasteiger partial charge in [-0.25, -0.2) is 0 Å². The van der Waals surface area contributed by atoms with Crippen molar-refractivity contribution in [2.75, 3.05) is 10.3 Å². The van der Waals surface area contributed by atoms with Crippen LogP contribution in [0.1, 0.15) is 13.3 Å². The van der Waals surface area contributed by atoms with Gasteiger partial charge in [0.15, 0.2) is 5.78 Å². The summed E-state index contributed by atoms with van der Waals surface area (Å²) in [6.07, 6.45) is -4.74. The first-order valence-corrected chi connectivity index (χ1v) is 8.32. The highest BCUT2D eigenvalue weighted by molar-refractivity contribution is 6.44. The molecule has 1 N–H and O–H groups in total. The van der Waals surface area contributed by atoms with Crippen LogP contribution in [-0.4, -0.2) is 29.8 Å². The van der Waals surface area contributed by atoms with E-state index >= 15 is 0 Å². The van der Waals surface area contributed by atoms with E-state index in [9.17, 15) is 22.8 Å². The summed E-state index contributed by atoms with van der Waals surface area (Å²) in [5.74, 6) is -1.21. The molecule has 1 aliphatic heterocycles. The van der Waals surface area contributed by atoms with E-state index in [-0.39, 0.29) is 23.6 Å². The summed E-state index contributed by atoms with van der Waals surface area (Å²) < 4.78 is 40.9. The molecular formula is C19H16F3N3O3. The topological polar surface area (TPSA) is 71.0 Å². The molecule has 0 aliphatic carbocycles. The van der Waals surface area contributed by atoms with Crippen molar-refractivity contribution in [2.45, 2.75) is 25.7 Å². The number of anilines is 2. The molecule has 0 spiro atoms. The van der Waals surface area contributed by atoms with Crippen LogP contribution in [0.15, 0.2) is 59.7 Å². The van der Waals surface area contributed by atoms with Crippen molar-refractivity contribution in [2.24, 2.45) is 5.10 Å². The molecule has 1 aliphatic rings. The normalized spacial score (nSPS) is 16.5. The zero-order valence-corrected chi connectivity index (χ0v) is 14.7. The summed E-state index contributed by atoms with van der Waals surface area (Å²) in [4.78, 5) is 24.5. The average molecular weight is 391 g/mol. The Morgan fingerprint density at radius 1 is 1.14 bits per heavy atom. The second-order valence-electron chi connectivity index (χ2n) is 6.09. The van der Waals surface area contributed by atoms with Gasteiger partial charge in [0, 0.05) is 18.2 Å². The number of nitrogens with zero attached hydrogens (tertiary/aromatic N) is 2. The van der Waals surface area contributed by atoms with Gasteiger partial charge >= 0.3 is 6.36 Å². The van der Waals surface area contributed by atoms with E-state index in [4.69, 9.17) is 0 Å². The van der Waals surface area contributed by atoms with Gasteiger partial charge in [-0.15, -0.1) is 13.2 Å². The highest BCUT2D eigenvalue weighted by Crippen LogP contribution is 2.27. The predicted molar refractivity (Wildman–Crippen MR) is 97.2 cm³/mol. The molecule has 1 unspecified atom stereocenters. The summed E-state index contributed by atoms with van der Waals surface area (Å²) in [5.41, 5.74) is 0.879. The summed E-state index contributed by atoms with van der Waals surface area (Å²) in [5, 5.41) is 8.20. The molecule has 1 amide bonds. The maximum atomic E-state index is 12.5. The van der Waals surface area contributed by atoms with Gasteiger partial charge in [-0.3, -0.25) is 14.6 Å². The molecular weight excluding hydrogens is 375 g/mol. The van der Waals surface area contributed by atoms with Crippen LogP contribution < -0.4 is 15.1 Å². The SMILES string of the molecule is CC(=O)C1CC(C(=O)Nc2cccc(OC(F)(F)F)c2)=NN1c1ccccc1. The number of amides is 1. The fourth-order valence-electron chi connectivity index (χ4n) is 2.76. The van der Waals surface area contributed by atoms with Gasteiger partial charge < -0.3 is 10.1 Å². The predicted octanol–water partition coefficient (Wildman–Crippen LogP) is 3.75. The Balaban J connectivity index is 1.77. The van der Waals surface area contributed by atoms with Gasteiger partial charge in [0.1, 0.15) is 17.5 Å². The fourth-order valence-corrected chi connectivity index (χ4v) is 2.76. The summed E-state index contributed by atoms with van der Waals surface area (Å²) in [6, 6.07) is 13.2. The molecule has 6 nitrogen and oxygen atoms in total. The molecule has 2 aromatic rings. The Labute approximate surface area is 158 Å². The molecule has 0 saturated carbocycles. The fraction of sp³-hybridized carbons (Fsp3) is 0.211. The largest absolute Gasteiger partial charge is 0.573 e. The van der Waals surface area contributed by atoms with Gasteiger partial charge in [0.25, 0.3) is 5.91 Å². The zero-order valence-electron chi connectivity index (χ0n) is 14.7. The average Bonchev–Trinajstić information content (AvgIpc) is 3.07. The number of carbonyl (C=O) groups excluding carboxylic acids is 2. The number of rotatable bonds is 5. The van der Waals surface area contributed by atoms with Gasteiger partial charge in [-0.2, -0.15) is 5.10 Å². The van der Waals surface area contributed by atoms with Crippen molar-refractivity contribution in [3.63, 3.8) is 0 Å². The molecule has 0 saturated heterocycles. The lowest BCUT2D eigenvalue weighted by Crippen LogP contribution is -2.33. The molecule has 1 heterocycles. The van der Waals surface area contributed by atoms with E-state index in [2.05, 4.69) is 15.2 Å².